The molecule has 0 aromatic heterocycles. The number of nitrogens with one attached hydrogen (secondary N) is 1. The molecule has 1 unspecified atom stereocenters. The van der Waals surface area contributed by atoms with Gasteiger partial charge in [-0.05, 0) is 59.7 Å². The minimum atomic E-state index is 0.567. The summed E-state index contributed by atoms with van der Waals surface area (Å²) in [5.41, 5.74) is 1.26. The summed E-state index contributed by atoms with van der Waals surface area (Å²) in [6.07, 6.45) is 3.91. The Labute approximate surface area is 111 Å². The van der Waals surface area contributed by atoms with Crippen LogP contribution in [0.3, 0.4) is 0 Å². The van der Waals surface area contributed by atoms with Crippen molar-refractivity contribution in [3.8, 4) is 0 Å². The lowest BCUT2D eigenvalue weighted by Gasteiger charge is -2.23. The molecule has 16 heavy (non-hydrogen) atoms. The summed E-state index contributed by atoms with van der Waals surface area (Å²) in [5.74, 6) is 0. The molecule has 1 aromatic carbocycles. The molecular formula is C13H18INO. The first-order valence-electron chi connectivity index (χ1n) is 5.90. The molecule has 1 saturated heterocycles. The van der Waals surface area contributed by atoms with Crippen LogP contribution >= 0.6 is 22.6 Å². The molecule has 1 fully saturated rings. The molecule has 1 aliphatic rings. The van der Waals surface area contributed by atoms with E-state index in [1.54, 1.807) is 0 Å². The Morgan fingerprint density at radius 2 is 2.06 bits per heavy atom. The second-order valence-corrected chi connectivity index (χ2v) is 5.53. The summed E-state index contributed by atoms with van der Waals surface area (Å²) >= 11 is 2.32. The third-order valence-corrected chi connectivity index (χ3v) is 3.63. The van der Waals surface area contributed by atoms with Gasteiger partial charge in [0.25, 0.3) is 0 Å². The summed E-state index contributed by atoms with van der Waals surface area (Å²) in [6.45, 7) is 2.72. The highest BCUT2D eigenvalue weighted by molar-refractivity contribution is 14.1. The van der Waals surface area contributed by atoms with Crippen molar-refractivity contribution in [2.24, 2.45) is 0 Å². The predicted octanol–water partition coefficient (Wildman–Crippen LogP) is 2.95. The van der Waals surface area contributed by atoms with Crippen molar-refractivity contribution < 1.29 is 4.74 Å². The molecule has 0 radical (unpaired) electrons. The monoisotopic (exact) mass is 331 g/mol. The fourth-order valence-electron chi connectivity index (χ4n) is 1.97. The fourth-order valence-corrected chi connectivity index (χ4v) is 2.33. The van der Waals surface area contributed by atoms with E-state index < -0.39 is 0 Å². The summed E-state index contributed by atoms with van der Waals surface area (Å²) in [4.78, 5) is 0. The maximum atomic E-state index is 5.73. The third kappa shape index (κ3) is 4.03. The lowest BCUT2D eigenvalue weighted by Crippen LogP contribution is -2.37. The lowest BCUT2D eigenvalue weighted by atomic mass is 10.1. The highest BCUT2D eigenvalue weighted by Gasteiger charge is 2.11. The molecule has 0 saturated carbocycles. The highest BCUT2D eigenvalue weighted by Crippen LogP contribution is 2.10. The molecule has 0 amide bonds. The SMILES string of the molecule is Ic1ccc(COCC2CCCCN2)cc1. The smallest absolute Gasteiger partial charge is 0.0717 e. The first-order valence-corrected chi connectivity index (χ1v) is 6.98. The van der Waals surface area contributed by atoms with Gasteiger partial charge in [0.2, 0.25) is 0 Å². The van der Waals surface area contributed by atoms with E-state index in [0.717, 1.165) is 19.8 Å². The van der Waals surface area contributed by atoms with E-state index in [2.05, 4.69) is 52.2 Å². The van der Waals surface area contributed by atoms with Gasteiger partial charge in [0.05, 0.1) is 13.2 Å². The Hall–Kier alpha value is -0.130. The maximum absolute atomic E-state index is 5.73. The standard InChI is InChI=1S/C13H18INO/c14-12-6-4-11(5-7-12)9-16-10-13-3-1-2-8-15-13/h4-7,13,15H,1-3,8-10H2. The van der Waals surface area contributed by atoms with Gasteiger partial charge < -0.3 is 10.1 Å². The minimum absolute atomic E-state index is 0.567. The van der Waals surface area contributed by atoms with Gasteiger partial charge >= 0.3 is 0 Å². The van der Waals surface area contributed by atoms with Gasteiger partial charge in [-0.3, -0.25) is 0 Å². The second kappa shape index (κ2) is 6.57. The Balaban J connectivity index is 1.69. The molecule has 3 heteroatoms. The first-order chi connectivity index (χ1) is 7.84. The highest BCUT2D eigenvalue weighted by atomic mass is 127. The maximum Gasteiger partial charge on any atom is 0.0717 e. The van der Waals surface area contributed by atoms with Gasteiger partial charge in [-0.15, -0.1) is 0 Å². The van der Waals surface area contributed by atoms with Crippen LogP contribution in [0.2, 0.25) is 0 Å². The van der Waals surface area contributed by atoms with Crippen LogP contribution in [0.1, 0.15) is 24.8 Å². The normalized spacial score (nSPS) is 20.9. The van der Waals surface area contributed by atoms with E-state index in [-0.39, 0.29) is 0 Å². The van der Waals surface area contributed by atoms with E-state index in [9.17, 15) is 0 Å². The molecule has 1 aliphatic heterocycles. The number of rotatable bonds is 4. The molecule has 88 valence electrons. The van der Waals surface area contributed by atoms with Gasteiger partial charge in [0.1, 0.15) is 0 Å². The number of ether oxygens (including phenoxy) is 1. The Morgan fingerprint density at radius 3 is 2.75 bits per heavy atom. The van der Waals surface area contributed by atoms with Gasteiger partial charge in [-0.25, -0.2) is 0 Å². The predicted molar refractivity (Wildman–Crippen MR) is 74.5 cm³/mol. The van der Waals surface area contributed by atoms with Gasteiger partial charge in [-0.1, -0.05) is 18.6 Å². The molecular weight excluding hydrogens is 313 g/mol. The van der Waals surface area contributed by atoms with Crippen molar-refractivity contribution in [1.29, 1.82) is 0 Å². The van der Waals surface area contributed by atoms with E-state index in [1.165, 1.54) is 28.4 Å². The largest absolute Gasteiger partial charge is 0.375 e. The molecule has 1 aromatic rings. The van der Waals surface area contributed by atoms with Gasteiger partial charge in [-0.2, -0.15) is 0 Å². The summed E-state index contributed by atoms with van der Waals surface area (Å²) in [6, 6.07) is 9.08. The van der Waals surface area contributed by atoms with E-state index in [4.69, 9.17) is 4.74 Å². The first kappa shape index (κ1) is 12.3. The zero-order chi connectivity index (χ0) is 11.2. The Morgan fingerprint density at radius 1 is 1.25 bits per heavy atom. The van der Waals surface area contributed by atoms with Crippen LogP contribution in [0.15, 0.2) is 24.3 Å². The average Bonchev–Trinajstić information content (AvgIpc) is 2.33. The van der Waals surface area contributed by atoms with Gasteiger partial charge in [0, 0.05) is 9.61 Å². The summed E-state index contributed by atoms with van der Waals surface area (Å²) in [7, 11) is 0. The van der Waals surface area contributed by atoms with Gasteiger partial charge in [0.15, 0.2) is 0 Å². The molecule has 1 N–H and O–H groups in total. The van der Waals surface area contributed by atoms with E-state index in [1.807, 2.05) is 0 Å². The molecule has 1 heterocycles. The van der Waals surface area contributed by atoms with Crippen LogP contribution in [-0.2, 0) is 11.3 Å². The second-order valence-electron chi connectivity index (χ2n) is 4.29. The van der Waals surface area contributed by atoms with Crippen LogP contribution < -0.4 is 5.32 Å². The van der Waals surface area contributed by atoms with Crippen molar-refractivity contribution in [3.63, 3.8) is 0 Å². The zero-order valence-corrected chi connectivity index (χ0v) is 11.6. The van der Waals surface area contributed by atoms with Crippen molar-refractivity contribution in [3.05, 3.63) is 33.4 Å². The Kier molecular flexibility index (Phi) is 5.06. The number of benzene rings is 1. The zero-order valence-electron chi connectivity index (χ0n) is 9.42. The fraction of sp³-hybridized carbons (Fsp3) is 0.538. The van der Waals surface area contributed by atoms with Crippen molar-refractivity contribution >= 4 is 22.6 Å². The number of hydrogen-bond acceptors (Lipinski definition) is 2. The summed E-state index contributed by atoms with van der Waals surface area (Å²) in [5, 5.41) is 3.49. The summed E-state index contributed by atoms with van der Waals surface area (Å²) < 4.78 is 7.01. The molecule has 2 nitrogen and oxygen atoms in total. The average molecular weight is 331 g/mol. The van der Waals surface area contributed by atoms with Crippen LogP contribution in [0.4, 0.5) is 0 Å². The molecule has 0 bridgehead atoms. The number of piperidine rings is 1. The van der Waals surface area contributed by atoms with Crippen molar-refractivity contribution in [2.75, 3.05) is 13.2 Å². The van der Waals surface area contributed by atoms with Crippen LogP contribution in [-0.4, -0.2) is 19.2 Å². The van der Waals surface area contributed by atoms with E-state index >= 15 is 0 Å². The topological polar surface area (TPSA) is 21.3 Å². The number of halogens is 1. The number of hydrogen-bond donors (Lipinski definition) is 1. The van der Waals surface area contributed by atoms with Crippen molar-refractivity contribution in [2.45, 2.75) is 31.9 Å². The molecule has 0 aliphatic carbocycles. The Bertz CT molecular complexity index is 306. The molecule has 2 rings (SSSR count). The van der Waals surface area contributed by atoms with Crippen LogP contribution in [0, 0.1) is 3.57 Å². The molecule has 0 spiro atoms. The minimum Gasteiger partial charge on any atom is -0.375 e. The third-order valence-electron chi connectivity index (χ3n) is 2.91. The van der Waals surface area contributed by atoms with E-state index in [0.29, 0.717) is 6.04 Å². The lowest BCUT2D eigenvalue weighted by molar-refractivity contribution is 0.0911. The quantitative estimate of drug-likeness (QED) is 0.857. The van der Waals surface area contributed by atoms with Crippen LogP contribution in [0.5, 0.6) is 0 Å². The van der Waals surface area contributed by atoms with Crippen molar-refractivity contribution in [1.82, 2.24) is 5.32 Å². The molecule has 1 atom stereocenters. The van der Waals surface area contributed by atoms with Crippen LogP contribution in [0.25, 0.3) is 0 Å².